The highest BCUT2D eigenvalue weighted by atomic mass is 16.3. The van der Waals surface area contributed by atoms with Crippen LogP contribution < -0.4 is 0 Å². The molecule has 35 heavy (non-hydrogen) atoms. The third-order valence-corrected chi connectivity index (χ3v) is 6.89. The average Bonchev–Trinajstić information content (AvgIpc) is 3.27. The van der Waals surface area contributed by atoms with Gasteiger partial charge in [-0.2, -0.15) is 0 Å². The SMILES string of the molecule is CN(C)CCc1c2n(c3ccccc13)C(c1cc(O)c(O)c(O)c1)C(O)C2c1ccc(O)cc1O. The highest BCUT2D eigenvalue weighted by Gasteiger charge is 2.45. The molecule has 5 rings (SSSR count). The maximum Gasteiger partial charge on any atom is 0.200 e. The van der Waals surface area contributed by atoms with Gasteiger partial charge in [-0.15, -0.1) is 0 Å². The van der Waals surface area contributed by atoms with Gasteiger partial charge in [-0.25, -0.2) is 0 Å². The lowest BCUT2D eigenvalue weighted by Crippen LogP contribution is -2.23. The van der Waals surface area contributed by atoms with E-state index in [0.29, 0.717) is 17.5 Å². The monoisotopic (exact) mass is 476 g/mol. The predicted octanol–water partition coefficient (Wildman–Crippen LogP) is 3.37. The summed E-state index contributed by atoms with van der Waals surface area (Å²) in [6.07, 6.45) is -0.386. The largest absolute Gasteiger partial charge is 0.508 e. The fourth-order valence-electron chi connectivity index (χ4n) is 5.35. The summed E-state index contributed by atoms with van der Waals surface area (Å²) >= 11 is 0. The minimum Gasteiger partial charge on any atom is -0.508 e. The quantitative estimate of drug-likeness (QED) is 0.244. The maximum absolute atomic E-state index is 11.7. The van der Waals surface area contributed by atoms with Crippen LogP contribution in [-0.4, -0.2) is 66.9 Å². The molecule has 1 aromatic heterocycles. The van der Waals surface area contributed by atoms with Crippen molar-refractivity contribution < 1.29 is 30.6 Å². The van der Waals surface area contributed by atoms with Gasteiger partial charge in [-0.1, -0.05) is 24.3 Å². The van der Waals surface area contributed by atoms with Crippen molar-refractivity contribution in [1.82, 2.24) is 9.47 Å². The molecule has 0 amide bonds. The van der Waals surface area contributed by atoms with Crippen molar-refractivity contribution in [3.05, 3.63) is 77.0 Å². The van der Waals surface area contributed by atoms with E-state index >= 15 is 0 Å². The first kappa shape index (κ1) is 22.9. The highest BCUT2D eigenvalue weighted by molar-refractivity contribution is 5.87. The lowest BCUT2D eigenvalue weighted by Gasteiger charge is -2.23. The molecule has 6 N–H and O–H groups in total. The van der Waals surface area contributed by atoms with Crippen molar-refractivity contribution in [1.29, 1.82) is 0 Å². The first-order valence-corrected chi connectivity index (χ1v) is 11.4. The Labute approximate surface area is 202 Å². The Hall–Kier alpha value is -3.88. The molecule has 182 valence electrons. The van der Waals surface area contributed by atoms with Crippen molar-refractivity contribution in [2.24, 2.45) is 0 Å². The van der Waals surface area contributed by atoms with E-state index in [2.05, 4.69) is 4.90 Å². The molecule has 1 aliphatic rings. The third-order valence-electron chi connectivity index (χ3n) is 6.89. The molecule has 8 heteroatoms. The Morgan fingerprint density at radius 3 is 2.20 bits per heavy atom. The second-order valence-corrected chi connectivity index (χ2v) is 9.37. The number of likely N-dealkylation sites (N-methyl/N-ethyl adjacent to an activating group) is 1. The second-order valence-electron chi connectivity index (χ2n) is 9.37. The number of phenolic OH excluding ortho intramolecular Hbond substituents is 5. The Morgan fingerprint density at radius 2 is 1.54 bits per heavy atom. The van der Waals surface area contributed by atoms with Crippen molar-refractivity contribution in [3.8, 4) is 28.7 Å². The summed E-state index contributed by atoms with van der Waals surface area (Å²) in [6, 6.07) is 14.1. The first-order valence-electron chi connectivity index (χ1n) is 11.4. The smallest absolute Gasteiger partial charge is 0.200 e. The number of nitrogens with zero attached hydrogens (tertiary/aromatic N) is 2. The van der Waals surface area contributed by atoms with Crippen molar-refractivity contribution in [2.45, 2.75) is 24.5 Å². The third kappa shape index (κ3) is 3.62. The second kappa shape index (κ2) is 8.41. The molecular formula is C27H28N2O6. The van der Waals surface area contributed by atoms with Crippen LogP contribution in [0.3, 0.4) is 0 Å². The molecule has 2 heterocycles. The van der Waals surface area contributed by atoms with Gasteiger partial charge in [0.05, 0.1) is 18.1 Å². The standard InChI is InChI=1S/C27H28N2O6/c1-28(2)10-9-17-16-5-3-4-6-19(16)29-24(14-11-21(32)26(34)22(33)12-14)27(35)23(25(17)29)18-8-7-15(30)13-20(18)31/h3-8,11-13,23-24,27,30-35H,9-10H2,1-2H3. The number of aliphatic hydroxyl groups excluding tert-OH is 1. The van der Waals surface area contributed by atoms with Gasteiger partial charge in [-0.3, -0.25) is 0 Å². The van der Waals surface area contributed by atoms with Gasteiger partial charge < -0.3 is 40.1 Å². The first-order chi connectivity index (χ1) is 16.7. The number of fused-ring (bicyclic) bond motifs is 3. The minimum absolute atomic E-state index is 0.0861. The summed E-state index contributed by atoms with van der Waals surface area (Å²) in [5, 5.41) is 63.7. The van der Waals surface area contributed by atoms with E-state index in [4.69, 9.17) is 0 Å². The molecule has 3 aromatic carbocycles. The van der Waals surface area contributed by atoms with Gasteiger partial charge in [0, 0.05) is 34.8 Å². The highest BCUT2D eigenvalue weighted by Crippen LogP contribution is 2.52. The number of aromatic nitrogens is 1. The lowest BCUT2D eigenvalue weighted by molar-refractivity contribution is 0.139. The van der Waals surface area contributed by atoms with Gasteiger partial charge >= 0.3 is 0 Å². The van der Waals surface area contributed by atoms with Crippen LogP contribution in [0, 0.1) is 0 Å². The van der Waals surface area contributed by atoms with Crippen LogP contribution in [0.15, 0.2) is 54.6 Å². The fourth-order valence-corrected chi connectivity index (χ4v) is 5.35. The molecule has 3 atom stereocenters. The van der Waals surface area contributed by atoms with Crippen LogP contribution in [0.4, 0.5) is 0 Å². The Bertz CT molecular complexity index is 1400. The number of hydrogen-bond acceptors (Lipinski definition) is 7. The molecule has 0 saturated carbocycles. The van der Waals surface area contributed by atoms with E-state index in [1.54, 1.807) is 6.07 Å². The van der Waals surface area contributed by atoms with Crippen molar-refractivity contribution in [3.63, 3.8) is 0 Å². The zero-order valence-corrected chi connectivity index (χ0v) is 19.4. The molecule has 0 radical (unpaired) electrons. The van der Waals surface area contributed by atoms with E-state index in [9.17, 15) is 30.6 Å². The molecule has 0 spiro atoms. The topological polar surface area (TPSA) is 130 Å². The summed E-state index contributed by atoms with van der Waals surface area (Å²) in [7, 11) is 3.98. The van der Waals surface area contributed by atoms with E-state index in [1.807, 2.05) is 42.9 Å². The number of aromatic hydroxyl groups is 5. The van der Waals surface area contributed by atoms with Crippen molar-refractivity contribution >= 4 is 10.9 Å². The van der Waals surface area contributed by atoms with Crippen LogP contribution in [0.25, 0.3) is 10.9 Å². The van der Waals surface area contributed by atoms with E-state index in [-0.39, 0.29) is 11.5 Å². The normalized spacial score (nSPS) is 19.5. The van der Waals surface area contributed by atoms with Crippen molar-refractivity contribution in [2.75, 3.05) is 20.6 Å². The molecule has 0 bridgehead atoms. The van der Waals surface area contributed by atoms with E-state index in [1.165, 1.54) is 24.3 Å². The number of benzene rings is 3. The molecule has 4 aromatic rings. The zero-order valence-electron chi connectivity index (χ0n) is 19.4. The number of aliphatic hydroxyl groups is 1. The van der Waals surface area contributed by atoms with Crippen LogP contribution in [-0.2, 0) is 6.42 Å². The van der Waals surface area contributed by atoms with Crippen LogP contribution in [0.1, 0.15) is 34.3 Å². The molecule has 1 aliphatic heterocycles. The number of para-hydroxylation sites is 1. The van der Waals surface area contributed by atoms with Gasteiger partial charge in [-0.05, 0) is 55.9 Å². The molecule has 8 nitrogen and oxygen atoms in total. The summed E-state index contributed by atoms with van der Waals surface area (Å²) in [5.41, 5.74) is 3.58. The minimum atomic E-state index is -1.08. The Kier molecular flexibility index (Phi) is 5.50. The zero-order chi connectivity index (χ0) is 25.0. The molecule has 0 fully saturated rings. The molecule has 0 aliphatic carbocycles. The number of rotatable bonds is 5. The lowest BCUT2D eigenvalue weighted by atomic mass is 9.85. The van der Waals surface area contributed by atoms with E-state index in [0.717, 1.165) is 28.7 Å². The number of hydrogen-bond donors (Lipinski definition) is 6. The average molecular weight is 477 g/mol. The Balaban J connectivity index is 1.82. The van der Waals surface area contributed by atoms with E-state index < -0.39 is 35.3 Å². The Morgan fingerprint density at radius 1 is 0.857 bits per heavy atom. The summed E-state index contributed by atoms with van der Waals surface area (Å²) < 4.78 is 1.99. The van der Waals surface area contributed by atoms with Crippen LogP contribution in [0.2, 0.25) is 0 Å². The molecular weight excluding hydrogens is 448 g/mol. The van der Waals surface area contributed by atoms with Gasteiger partial charge in [0.15, 0.2) is 17.2 Å². The van der Waals surface area contributed by atoms with Crippen LogP contribution >= 0.6 is 0 Å². The van der Waals surface area contributed by atoms with Gasteiger partial charge in [0.25, 0.3) is 0 Å². The van der Waals surface area contributed by atoms with Crippen LogP contribution in [0.5, 0.6) is 28.7 Å². The molecule has 3 unspecified atom stereocenters. The van der Waals surface area contributed by atoms with Gasteiger partial charge in [0.2, 0.25) is 0 Å². The predicted molar refractivity (Wildman–Crippen MR) is 131 cm³/mol. The summed E-state index contributed by atoms with van der Waals surface area (Å²) in [5.74, 6) is -2.48. The number of phenols is 5. The van der Waals surface area contributed by atoms with Gasteiger partial charge in [0.1, 0.15) is 11.5 Å². The molecule has 0 saturated heterocycles. The maximum atomic E-state index is 11.7. The summed E-state index contributed by atoms with van der Waals surface area (Å²) in [4.78, 5) is 2.07. The fraction of sp³-hybridized carbons (Fsp3) is 0.259. The summed E-state index contributed by atoms with van der Waals surface area (Å²) in [6.45, 7) is 0.761.